The first kappa shape index (κ1) is 13.7. The first-order valence-corrected chi connectivity index (χ1v) is 6.90. The number of nitrogens with one attached hydrogen (secondary N) is 1. The third-order valence-electron chi connectivity index (χ3n) is 3.40. The molecule has 0 aromatic carbocycles. The normalized spacial score (nSPS) is 17.9. The van der Waals surface area contributed by atoms with Crippen LogP contribution in [0.15, 0.2) is 12.7 Å². The average Bonchev–Trinajstić information content (AvgIpc) is 2.31. The van der Waals surface area contributed by atoms with Crippen molar-refractivity contribution < 1.29 is 0 Å². The zero-order chi connectivity index (χ0) is 11.6. The molecule has 2 nitrogen and oxygen atoms in total. The average molecular weight is 224 g/mol. The molecule has 1 aliphatic heterocycles. The second kappa shape index (κ2) is 8.77. The fourth-order valence-corrected chi connectivity index (χ4v) is 2.50. The standard InChI is InChI=1S/C14H28N2/c1-3-5-6-12-16(11-4-2)13-14-7-9-15-10-8-14/h3,14-15H,1,4-13H2,2H3. The Kier molecular flexibility index (Phi) is 7.52. The van der Waals surface area contributed by atoms with Crippen LogP contribution in [0.1, 0.15) is 39.0 Å². The van der Waals surface area contributed by atoms with Crippen LogP contribution in [0.3, 0.4) is 0 Å². The molecule has 1 fully saturated rings. The highest BCUT2D eigenvalue weighted by Gasteiger charge is 2.16. The Balaban J connectivity index is 2.21. The summed E-state index contributed by atoms with van der Waals surface area (Å²) in [7, 11) is 0. The van der Waals surface area contributed by atoms with Gasteiger partial charge in [-0.1, -0.05) is 13.0 Å². The minimum absolute atomic E-state index is 0.927. The van der Waals surface area contributed by atoms with Crippen molar-refractivity contribution >= 4 is 0 Å². The van der Waals surface area contributed by atoms with Crippen molar-refractivity contribution in [2.45, 2.75) is 39.0 Å². The summed E-state index contributed by atoms with van der Waals surface area (Å²) >= 11 is 0. The van der Waals surface area contributed by atoms with Gasteiger partial charge in [0.25, 0.3) is 0 Å². The van der Waals surface area contributed by atoms with Crippen molar-refractivity contribution in [1.29, 1.82) is 0 Å². The Bertz CT molecular complexity index is 174. The summed E-state index contributed by atoms with van der Waals surface area (Å²) in [4.78, 5) is 2.65. The fourth-order valence-electron chi connectivity index (χ4n) is 2.50. The van der Waals surface area contributed by atoms with E-state index in [9.17, 15) is 0 Å². The number of rotatable bonds is 8. The highest BCUT2D eigenvalue weighted by Crippen LogP contribution is 2.14. The van der Waals surface area contributed by atoms with Gasteiger partial charge in [0.15, 0.2) is 0 Å². The predicted octanol–water partition coefficient (Wildman–Crippen LogP) is 2.66. The summed E-state index contributed by atoms with van der Waals surface area (Å²) in [5, 5.41) is 3.44. The van der Waals surface area contributed by atoms with Gasteiger partial charge in [0, 0.05) is 6.54 Å². The number of piperidine rings is 1. The van der Waals surface area contributed by atoms with Crippen LogP contribution in [0.2, 0.25) is 0 Å². The van der Waals surface area contributed by atoms with E-state index < -0.39 is 0 Å². The summed E-state index contributed by atoms with van der Waals surface area (Å²) < 4.78 is 0. The Morgan fingerprint density at radius 3 is 2.69 bits per heavy atom. The quantitative estimate of drug-likeness (QED) is 0.504. The van der Waals surface area contributed by atoms with E-state index in [1.54, 1.807) is 0 Å². The smallest absolute Gasteiger partial charge is 0.00106 e. The first-order valence-electron chi connectivity index (χ1n) is 6.90. The van der Waals surface area contributed by atoms with Gasteiger partial charge in [0.1, 0.15) is 0 Å². The van der Waals surface area contributed by atoms with Gasteiger partial charge in [-0.25, -0.2) is 0 Å². The predicted molar refractivity (Wildman–Crippen MR) is 71.8 cm³/mol. The van der Waals surface area contributed by atoms with Crippen molar-refractivity contribution in [3.05, 3.63) is 12.7 Å². The van der Waals surface area contributed by atoms with Gasteiger partial charge in [-0.15, -0.1) is 6.58 Å². The van der Waals surface area contributed by atoms with Crippen molar-refractivity contribution in [3.63, 3.8) is 0 Å². The van der Waals surface area contributed by atoms with Crippen molar-refractivity contribution in [2.75, 3.05) is 32.7 Å². The lowest BCUT2D eigenvalue weighted by molar-refractivity contribution is 0.204. The number of hydrogen-bond donors (Lipinski definition) is 1. The van der Waals surface area contributed by atoms with E-state index in [-0.39, 0.29) is 0 Å². The SMILES string of the molecule is C=CCCCN(CCC)CC1CCNCC1. The minimum atomic E-state index is 0.927. The van der Waals surface area contributed by atoms with E-state index in [0.29, 0.717) is 0 Å². The molecule has 0 aliphatic carbocycles. The molecule has 0 unspecified atom stereocenters. The van der Waals surface area contributed by atoms with Crippen LogP contribution in [0.5, 0.6) is 0 Å². The number of nitrogens with zero attached hydrogens (tertiary/aromatic N) is 1. The van der Waals surface area contributed by atoms with Gasteiger partial charge < -0.3 is 10.2 Å². The second-order valence-corrected chi connectivity index (χ2v) is 4.92. The maximum atomic E-state index is 3.79. The number of unbranched alkanes of at least 4 members (excludes halogenated alkanes) is 1. The van der Waals surface area contributed by atoms with Gasteiger partial charge in [0.05, 0.1) is 0 Å². The number of hydrogen-bond acceptors (Lipinski definition) is 2. The van der Waals surface area contributed by atoms with Crippen molar-refractivity contribution in [3.8, 4) is 0 Å². The molecule has 1 saturated heterocycles. The lowest BCUT2D eigenvalue weighted by Gasteiger charge is -2.29. The van der Waals surface area contributed by atoms with E-state index in [1.165, 1.54) is 58.4 Å². The maximum Gasteiger partial charge on any atom is 0.00106 e. The molecule has 16 heavy (non-hydrogen) atoms. The van der Waals surface area contributed by atoms with Crippen LogP contribution < -0.4 is 5.32 Å². The van der Waals surface area contributed by atoms with Crippen LogP contribution in [0, 0.1) is 5.92 Å². The van der Waals surface area contributed by atoms with Crippen LogP contribution in [-0.2, 0) is 0 Å². The Hall–Kier alpha value is -0.340. The molecule has 0 bridgehead atoms. The van der Waals surface area contributed by atoms with Crippen LogP contribution in [-0.4, -0.2) is 37.6 Å². The highest BCUT2D eigenvalue weighted by atomic mass is 15.1. The topological polar surface area (TPSA) is 15.3 Å². The molecule has 0 amide bonds. The second-order valence-electron chi connectivity index (χ2n) is 4.92. The Morgan fingerprint density at radius 2 is 2.06 bits per heavy atom. The summed E-state index contributed by atoms with van der Waals surface area (Å²) in [5.74, 6) is 0.927. The van der Waals surface area contributed by atoms with Crippen molar-refractivity contribution in [2.24, 2.45) is 5.92 Å². The molecule has 0 radical (unpaired) electrons. The lowest BCUT2D eigenvalue weighted by atomic mass is 9.97. The largest absolute Gasteiger partial charge is 0.317 e. The van der Waals surface area contributed by atoms with Crippen molar-refractivity contribution in [1.82, 2.24) is 10.2 Å². The third kappa shape index (κ3) is 5.66. The molecule has 94 valence electrons. The molecule has 1 rings (SSSR count). The van der Waals surface area contributed by atoms with E-state index in [0.717, 1.165) is 12.3 Å². The fraction of sp³-hybridized carbons (Fsp3) is 0.857. The molecule has 0 saturated carbocycles. The molecular weight excluding hydrogens is 196 g/mol. The van der Waals surface area contributed by atoms with Crippen LogP contribution >= 0.6 is 0 Å². The zero-order valence-corrected chi connectivity index (χ0v) is 10.9. The van der Waals surface area contributed by atoms with Gasteiger partial charge in [0.2, 0.25) is 0 Å². The molecule has 0 spiro atoms. The monoisotopic (exact) mass is 224 g/mol. The number of allylic oxidation sites excluding steroid dienone is 1. The van der Waals surface area contributed by atoms with E-state index >= 15 is 0 Å². The van der Waals surface area contributed by atoms with E-state index in [4.69, 9.17) is 0 Å². The van der Waals surface area contributed by atoms with E-state index in [2.05, 4.69) is 23.7 Å². The van der Waals surface area contributed by atoms with Crippen LogP contribution in [0.25, 0.3) is 0 Å². The Labute approximate surface area is 101 Å². The molecule has 0 atom stereocenters. The first-order chi connectivity index (χ1) is 7.86. The summed E-state index contributed by atoms with van der Waals surface area (Å²) in [5.41, 5.74) is 0. The zero-order valence-electron chi connectivity index (χ0n) is 10.9. The van der Waals surface area contributed by atoms with Gasteiger partial charge in [-0.05, 0) is 64.2 Å². The Morgan fingerprint density at radius 1 is 1.31 bits per heavy atom. The molecule has 1 aliphatic rings. The van der Waals surface area contributed by atoms with Gasteiger partial charge in [-0.2, -0.15) is 0 Å². The molecule has 1 N–H and O–H groups in total. The minimum Gasteiger partial charge on any atom is -0.317 e. The summed E-state index contributed by atoms with van der Waals surface area (Å²) in [6, 6.07) is 0. The summed E-state index contributed by atoms with van der Waals surface area (Å²) in [6.45, 7) is 12.3. The van der Waals surface area contributed by atoms with Gasteiger partial charge in [-0.3, -0.25) is 0 Å². The molecule has 0 aromatic heterocycles. The van der Waals surface area contributed by atoms with E-state index in [1.807, 2.05) is 6.08 Å². The lowest BCUT2D eigenvalue weighted by Crippen LogP contribution is -2.37. The molecular formula is C14H28N2. The van der Waals surface area contributed by atoms with Gasteiger partial charge >= 0.3 is 0 Å². The summed E-state index contributed by atoms with van der Waals surface area (Å²) in [6.07, 6.45) is 8.47. The molecule has 2 heteroatoms. The molecule has 1 heterocycles. The third-order valence-corrected chi connectivity index (χ3v) is 3.40. The van der Waals surface area contributed by atoms with Crippen LogP contribution in [0.4, 0.5) is 0 Å². The molecule has 0 aromatic rings. The highest BCUT2D eigenvalue weighted by molar-refractivity contribution is 4.73. The maximum absolute atomic E-state index is 3.79.